The summed E-state index contributed by atoms with van der Waals surface area (Å²) in [4.78, 5) is 0. The van der Waals surface area contributed by atoms with Crippen LogP contribution in [0, 0.1) is 19.8 Å². The molecular weight excluding hydrogens is 330 g/mol. The van der Waals surface area contributed by atoms with Gasteiger partial charge in [0, 0.05) is 25.7 Å². The van der Waals surface area contributed by atoms with Gasteiger partial charge in [0.05, 0.1) is 26.2 Å². The van der Waals surface area contributed by atoms with Gasteiger partial charge in [0.15, 0.2) is 0 Å². The van der Waals surface area contributed by atoms with Crippen LogP contribution in [0.3, 0.4) is 0 Å². The molecule has 0 spiro atoms. The largest absolute Gasteiger partial charge is 0.380 e. The molecule has 2 saturated heterocycles. The Morgan fingerprint density at radius 3 is 1.74 bits per heavy atom. The average Bonchev–Trinajstić information content (AvgIpc) is 2.80. The Morgan fingerprint density at radius 2 is 1.30 bits per heavy atom. The molecule has 2 bridgehead atoms. The topological polar surface area (TPSA) is 20.2 Å². The van der Waals surface area contributed by atoms with Crippen molar-refractivity contribution < 1.29 is 9.59 Å². The predicted octanol–water partition coefficient (Wildman–Crippen LogP) is 4.95. The van der Waals surface area contributed by atoms with Gasteiger partial charge in [-0.05, 0) is 48.4 Å². The highest BCUT2D eigenvalue weighted by Gasteiger charge is 2.50. The molecule has 144 valence electrons. The van der Waals surface area contributed by atoms with E-state index in [1.807, 2.05) is 0 Å². The van der Waals surface area contributed by atoms with Crippen molar-refractivity contribution >= 4 is 0 Å². The highest BCUT2D eigenvalue weighted by atomic mass is 16.3. The van der Waals surface area contributed by atoms with Crippen LogP contribution in [-0.4, -0.2) is 35.8 Å². The quantitative estimate of drug-likeness (QED) is 0.761. The van der Waals surface area contributed by atoms with E-state index in [2.05, 4.69) is 76.5 Å². The van der Waals surface area contributed by atoms with Crippen molar-refractivity contribution in [3.8, 4) is 0 Å². The number of hydrogen-bond acceptors (Lipinski definition) is 1. The molecule has 0 radical (unpaired) electrons. The van der Waals surface area contributed by atoms with E-state index in [0.717, 1.165) is 29.6 Å². The number of aliphatic hydroxyl groups is 1. The number of rotatable bonds is 4. The van der Waals surface area contributed by atoms with Crippen LogP contribution >= 0.6 is 0 Å². The Bertz CT molecular complexity index is 763. The summed E-state index contributed by atoms with van der Waals surface area (Å²) in [7, 11) is 4.82. The maximum absolute atomic E-state index is 12.2. The van der Waals surface area contributed by atoms with Crippen LogP contribution in [0.5, 0.6) is 0 Å². The fourth-order valence-corrected chi connectivity index (χ4v) is 6.02. The summed E-state index contributed by atoms with van der Waals surface area (Å²) < 4.78 is 1.18. The maximum Gasteiger partial charge on any atom is 0.115 e. The van der Waals surface area contributed by atoms with E-state index in [4.69, 9.17) is 0 Å². The minimum absolute atomic E-state index is 0.581. The summed E-state index contributed by atoms with van der Waals surface area (Å²) in [5.74, 6) is 0.581. The van der Waals surface area contributed by atoms with Crippen molar-refractivity contribution in [2.24, 2.45) is 5.92 Å². The van der Waals surface area contributed by atoms with Gasteiger partial charge in [0.1, 0.15) is 5.60 Å². The molecule has 2 aromatic carbocycles. The smallest absolute Gasteiger partial charge is 0.115 e. The number of piperidine rings is 1. The first kappa shape index (κ1) is 18.7. The zero-order valence-electron chi connectivity index (χ0n) is 17.3. The van der Waals surface area contributed by atoms with Crippen LogP contribution in [0.2, 0.25) is 0 Å². The van der Waals surface area contributed by atoms with Gasteiger partial charge in [-0.2, -0.15) is 0 Å². The Balaban J connectivity index is 1.72. The SMILES string of the molecule is Cc1ccccc1C(O)(CC1C[C@H]2CC[C@@H](C1)[N+]2(C)C)c1ccccc1C. The van der Waals surface area contributed by atoms with Gasteiger partial charge < -0.3 is 9.59 Å². The molecule has 0 amide bonds. The summed E-state index contributed by atoms with van der Waals surface area (Å²) in [6.07, 6.45) is 6.01. The van der Waals surface area contributed by atoms with Gasteiger partial charge in [0.2, 0.25) is 0 Å². The lowest BCUT2D eigenvalue weighted by molar-refractivity contribution is -0.931. The summed E-state index contributed by atoms with van der Waals surface area (Å²) in [5.41, 5.74) is 3.60. The first-order valence-corrected chi connectivity index (χ1v) is 10.5. The monoisotopic (exact) mass is 364 g/mol. The Hall–Kier alpha value is -1.64. The third kappa shape index (κ3) is 3.13. The van der Waals surface area contributed by atoms with E-state index < -0.39 is 5.60 Å². The van der Waals surface area contributed by atoms with Crippen molar-refractivity contribution in [2.75, 3.05) is 14.1 Å². The van der Waals surface area contributed by atoms with E-state index in [-0.39, 0.29) is 0 Å². The minimum Gasteiger partial charge on any atom is -0.380 e. The molecule has 0 aromatic heterocycles. The highest BCUT2D eigenvalue weighted by Crippen LogP contribution is 2.47. The first-order chi connectivity index (χ1) is 12.8. The van der Waals surface area contributed by atoms with E-state index in [1.165, 1.54) is 41.3 Å². The van der Waals surface area contributed by atoms with E-state index >= 15 is 0 Å². The van der Waals surface area contributed by atoms with Gasteiger partial charge in [0.25, 0.3) is 0 Å². The molecule has 2 aromatic rings. The average molecular weight is 365 g/mol. The molecule has 1 N–H and O–H groups in total. The van der Waals surface area contributed by atoms with Crippen LogP contribution in [-0.2, 0) is 5.60 Å². The van der Waals surface area contributed by atoms with Crippen molar-refractivity contribution in [3.63, 3.8) is 0 Å². The molecule has 2 aliphatic rings. The second-order valence-electron chi connectivity index (χ2n) is 9.55. The van der Waals surface area contributed by atoms with Crippen molar-refractivity contribution in [1.82, 2.24) is 0 Å². The minimum atomic E-state index is -0.907. The number of nitrogens with zero attached hydrogens (tertiary/aromatic N) is 1. The van der Waals surface area contributed by atoms with Crippen LogP contribution in [0.15, 0.2) is 48.5 Å². The molecule has 2 fully saturated rings. The maximum atomic E-state index is 12.2. The van der Waals surface area contributed by atoms with Gasteiger partial charge >= 0.3 is 0 Å². The number of fused-ring (bicyclic) bond motifs is 2. The zero-order chi connectivity index (χ0) is 19.2. The summed E-state index contributed by atoms with van der Waals surface area (Å²) in [5, 5.41) is 12.2. The lowest BCUT2D eigenvalue weighted by Crippen LogP contribution is -2.55. The van der Waals surface area contributed by atoms with Crippen molar-refractivity contribution in [1.29, 1.82) is 0 Å². The molecule has 2 nitrogen and oxygen atoms in total. The second kappa shape index (κ2) is 6.76. The van der Waals surface area contributed by atoms with Crippen LogP contribution < -0.4 is 0 Å². The van der Waals surface area contributed by atoms with E-state index in [1.54, 1.807) is 0 Å². The fraction of sp³-hybridized carbons (Fsp3) is 0.520. The standard InChI is InChI=1S/C25H34NO/c1-18-9-5-7-11-23(18)25(27,24-12-8-6-10-19(24)2)17-20-15-21-13-14-22(16-20)26(21,3)4/h5-12,20-22,27H,13-17H2,1-4H3/q+1/t20?,21-,22+. The van der Waals surface area contributed by atoms with Crippen molar-refractivity contribution in [2.45, 2.75) is 63.6 Å². The molecule has 4 rings (SSSR count). The Kier molecular flexibility index (Phi) is 4.68. The van der Waals surface area contributed by atoms with E-state index in [0.29, 0.717) is 5.92 Å². The van der Waals surface area contributed by atoms with Crippen LogP contribution in [0.4, 0.5) is 0 Å². The normalized spacial score (nSPS) is 26.9. The molecule has 2 heteroatoms. The molecular formula is C25H34NO+. The molecule has 1 unspecified atom stereocenters. The Morgan fingerprint density at radius 1 is 0.852 bits per heavy atom. The van der Waals surface area contributed by atoms with Crippen molar-refractivity contribution in [3.05, 3.63) is 70.8 Å². The fourth-order valence-electron chi connectivity index (χ4n) is 6.02. The summed E-state index contributed by atoms with van der Waals surface area (Å²) >= 11 is 0. The van der Waals surface area contributed by atoms with E-state index in [9.17, 15) is 5.11 Å². The number of benzene rings is 2. The third-order valence-corrected chi connectivity index (χ3v) is 7.69. The predicted molar refractivity (Wildman–Crippen MR) is 112 cm³/mol. The van der Waals surface area contributed by atoms with Gasteiger partial charge in [-0.25, -0.2) is 0 Å². The Labute approximate surface area is 164 Å². The lowest BCUT2D eigenvalue weighted by Gasteiger charge is -2.46. The summed E-state index contributed by atoms with van der Waals surface area (Å²) in [6, 6.07) is 18.3. The molecule has 27 heavy (non-hydrogen) atoms. The lowest BCUT2D eigenvalue weighted by atomic mass is 9.73. The van der Waals surface area contributed by atoms with Crippen LogP contribution in [0.25, 0.3) is 0 Å². The molecule has 0 saturated carbocycles. The number of aryl methyl sites for hydroxylation is 2. The zero-order valence-corrected chi connectivity index (χ0v) is 17.3. The first-order valence-electron chi connectivity index (χ1n) is 10.5. The van der Waals surface area contributed by atoms with Gasteiger partial charge in [-0.1, -0.05) is 48.5 Å². The van der Waals surface area contributed by atoms with Gasteiger partial charge in [-0.15, -0.1) is 0 Å². The number of hydrogen-bond donors (Lipinski definition) is 1. The molecule has 2 heterocycles. The number of quaternary nitrogens is 1. The molecule has 0 aliphatic carbocycles. The van der Waals surface area contributed by atoms with Crippen LogP contribution in [0.1, 0.15) is 54.4 Å². The third-order valence-electron chi connectivity index (χ3n) is 7.69. The molecule has 2 aliphatic heterocycles. The second-order valence-corrected chi connectivity index (χ2v) is 9.55. The summed E-state index contributed by atoms with van der Waals surface area (Å²) in [6.45, 7) is 4.26. The van der Waals surface area contributed by atoms with Gasteiger partial charge in [-0.3, -0.25) is 0 Å². The highest BCUT2D eigenvalue weighted by molar-refractivity contribution is 5.43. The molecule has 3 atom stereocenters.